The van der Waals surface area contributed by atoms with E-state index in [0.717, 1.165) is 14.3 Å². The highest BCUT2D eigenvalue weighted by molar-refractivity contribution is 9.10. The van der Waals surface area contributed by atoms with Crippen molar-refractivity contribution in [3.63, 3.8) is 0 Å². The lowest BCUT2D eigenvalue weighted by Crippen LogP contribution is -2.53. The number of halogens is 2. The SMILES string of the molecule is CCNC(=O)[C@H](Cc1ccccc1)N(Cc1ccccc1Cl)C(=O)CN(c1ccc(Br)cc1)S(=O)(=O)c1ccccc1. The average molecular weight is 669 g/mol. The first-order chi connectivity index (χ1) is 20.2. The molecule has 4 aromatic carbocycles. The number of carbonyl (C=O) groups is 2. The van der Waals surface area contributed by atoms with Crippen LogP contribution in [0, 0.1) is 0 Å². The van der Waals surface area contributed by atoms with Gasteiger partial charge in [0.15, 0.2) is 0 Å². The minimum absolute atomic E-state index is 0.00665. The van der Waals surface area contributed by atoms with Crippen molar-refractivity contribution in [1.82, 2.24) is 10.2 Å². The van der Waals surface area contributed by atoms with Crippen LogP contribution in [0.15, 0.2) is 119 Å². The van der Waals surface area contributed by atoms with Gasteiger partial charge in [0.25, 0.3) is 10.0 Å². The van der Waals surface area contributed by atoms with Crippen molar-refractivity contribution in [2.24, 2.45) is 0 Å². The molecule has 42 heavy (non-hydrogen) atoms. The summed E-state index contributed by atoms with van der Waals surface area (Å²) in [6.07, 6.45) is 0.229. The van der Waals surface area contributed by atoms with Crippen LogP contribution >= 0.6 is 27.5 Å². The highest BCUT2D eigenvalue weighted by Gasteiger charge is 2.34. The van der Waals surface area contributed by atoms with Crippen molar-refractivity contribution in [3.05, 3.63) is 130 Å². The summed E-state index contributed by atoms with van der Waals surface area (Å²) in [5.74, 6) is -0.896. The number of nitrogens with zero attached hydrogens (tertiary/aromatic N) is 2. The highest BCUT2D eigenvalue weighted by atomic mass is 79.9. The fourth-order valence-electron chi connectivity index (χ4n) is 4.51. The number of hydrogen-bond donors (Lipinski definition) is 1. The van der Waals surface area contributed by atoms with Gasteiger partial charge in [0.1, 0.15) is 12.6 Å². The number of nitrogens with one attached hydrogen (secondary N) is 1. The van der Waals surface area contributed by atoms with E-state index in [2.05, 4.69) is 21.2 Å². The van der Waals surface area contributed by atoms with Gasteiger partial charge in [-0.05, 0) is 60.5 Å². The Morgan fingerprint density at radius 2 is 1.45 bits per heavy atom. The van der Waals surface area contributed by atoms with Gasteiger partial charge in [0.2, 0.25) is 11.8 Å². The number of rotatable bonds is 12. The van der Waals surface area contributed by atoms with Crippen LogP contribution in [-0.2, 0) is 32.6 Å². The molecule has 0 aromatic heterocycles. The molecule has 0 radical (unpaired) electrons. The van der Waals surface area contributed by atoms with Crippen LogP contribution in [0.4, 0.5) is 5.69 Å². The van der Waals surface area contributed by atoms with Gasteiger partial charge in [-0.25, -0.2) is 8.42 Å². The van der Waals surface area contributed by atoms with E-state index in [0.29, 0.717) is 22.8 Å². The third-order valence-corrected chi connectivity index (χ3v) is 9.33. The molecule has 4 aromatic rings. The number of likely N-dealkylation sites (N-methyl/N-ethyl adjacent to an activating group) is 1. The molecule has 0 bridgehead atoms. The molecule has 2 amide bonds. The predicted octanol–water partition coefficient (Wildman–Crippen LogP) is 6.07. The molecule has 0 heterocycles. The Kier molecular flexibility index (Phi) is 10.8. The summed E-state index contributed by atoms with van der Waals surface area (Å²) < 4.78 is 29.7. The molecule has 1 atom stereocenters. The van der Waals surface area contributed by atoms with Crippen LogP contribution in [0.5, 0.6) is 0 Å². The second kappa shape index (κ2) is 14.5. The Balaban J connectivity index is 1.79. The van der Waals surface area contributed by atoms with Crippen molar-refractivity contribution in [2.45, 2.75) is 30.8 Å². The first-order valence-corrected chi connectivity index (χ1v) is 16.0. The van der Waals surface area contributed by atoms with Crippen molar-refractivity contribution < 1.29 is 18.0 Å². The quantitative estimate of drug-likeness (QED) is 0.199. The molecule has 7 nitrogen and oxygen atoms in total. The Bertz CT molecular complexity index is 1600. The fraction of sp³-hybridized carbons (Fsp3) is 0.188. The smallest absolute Gasteiger partial charge is 0.264 e. The summed E-state index contributed by atoms with van der Waals surface area (Å²) >= 11 is 9.89. The highest BCUT2D eigenvalue weighted by Crippen LogP contribution is 2.27. The Morgan fingerprint density at radius 1 is 0.857 bits per heavy atom. The molecule has 10 heteroatoms. The molecule has 0 aliphatic carbocycles. The molecule has 0 fully saturated rings. The van der Waals surface area contributed by atoms with Crippen LogP contribution in [-0.4, -0.2) is 44.3 Å². The van der Waals surface area contributed by atoms with E-state index in [1.54, 1.807) is 73.7 Å². The van der Waals surface area contributed by atoms with Gasteiger partial charge in [-0.1, -0.05) is 94.3 Å². The summed E-state index contributed by atoms with van der Waals surface area (Å²) in [6, 6.07) is 30.2. The number of amides is 2. The normalized spacial score (nSPS) is 11.9. The number of benzene rings is 4. The Morgan fingerprint density at radius 3 is 2.07 bits per heavy atom. The number of hydrogen-bond acceptors (Lipinski definition) is 4. The largest absolute Gasteiger partial charge is 0.355 e. The molecule has 4 rings (SSSR count). The first-order valence-electron chi connectivity index (χ1n) is 13.4. The molecule has 0 aliphatic rings. The lowest BCUT2D eigenvalue weighted by atomic mass is 10.0. The zero-order valence-electron chi connectivity index (χ0n) is 23.0. The van der Waals surface area contributed by atoms with E-state index in [-0.39, 0.29) is 23.8 Å². The van der Waals surface area contributed by atoms with Crippen LogP contribution in [0.2, 0.25) is 5.02 Å². The van der Waals surface area contributed by atoms with Gasteiger partial charge in [-0.3, -0.25) is 13.9 Å². The number of sulfonamides is 1. The van der Waals surface area contributed by atoms with E-state index >= 15 is 0 Å². The summed E-state index contributed by atoms with van der Waals surface area (Å²) in [4.78, 5) is 29.3. The molecule has 0 saturated carbocycles. The van der Waals surface area contributed by atoms with Crippen LogP contribution < -0.4 is 9.62 Å². The van der Waals surface area contributed by atoms with E-state index in [9.17, 15) is 18.0 Å². The van der Waals surface area contributed by atoms with E-state index in [1.165, 1.54) is 17.0 Å². The van der Waals surface area contributed by atoms with Gasteiger partial charge in [0.05, 0.1) is 10.6 Å². The fourth-order valence-corrected chi connectivity index (χ4v) is 6.41. The van der Waals surface area contributed by atoms with E-state index in [4.69, 9.17) is 11.6 Å². The molecular weight excluding hydrogens is 638 g/mol. The van der Waals surface area contributed by atoms with Crippen molar-refractivity contribution >= 4 is 55.1 Å². The summed E-state index contributed by atoms with van der Waals surface area (Å²) in [5.41, 5.74) is 1.80. The molecule has 1 N–H and O–H groups in total. The third kappa shape index (κ3) is 7.79. The zero-order valence-corrected chi connectivity index (χ0v) is 26.1. The molecular formula is C32H31BrClN3O4S. The van der Waals surface area contributed by atoms with Gasteiger partial charge >= 0.3 is 0 Å². The molecule has 0 unspecified atom stereocenters. The predicted molar refractivity (Wildman–Crippen MR) is 170 cm³/mol. The first kappa shape index (κ1) is 31.3. The maximum Gasteiger partial charge on any atom is 0.264 e. The Labute approximate surface area is 260 Å². The van der Waals surface area contributed by atoms with Crippen LogP contribution in [0.3, 0.4) is 0 Å². The number of anilines is 1. The maximum atomic E-state index is 14.3. The van der Waals surface area contributed by atoms with Crippen molar-refractivity contribution in [3.8, 4) is 0 Å². The third-order valence-electron chi connectivity index (χ3n) is 6.65. The lowest BCUT2D eigenvalue weighted by molar-refractivity contribution is -0.140. The van der Waals surface area contributed by atoms with Crippen LogP contribution in [0.25, 0.3) is 0 Å². The van der Waals surface area contributed by atoms with Gasteiger partial charge in [-0.15, -0.1) is 0 Å². The minimum atomic E-state index is -4.15. The van der Waals surface area contributed by atoms with Crippen molar-refractivity contribution in [2.75, 3.05) is 17.4 Å². The van der Waals surface area contributed by atoms with E-state index < -0.39 is 28.5 Å². The molecule has 218 valence electrons. The molecule has 0 spiro atoms. The topological polar surface area (TPSA) is 86.8 Å². The molecule has 0 aliphatic heterocycles. The monoisotopic (exact) mass is 667 g/mol. The zero-order chi connectivity index (χ0) is 30.1. The Hall–Kier alpha value is -3.66. The summed E-state index contributed by atoms with van der Waals surface area (Å²) in [7, 11) is -4.15. The molecule has 0 saturated heterocycles. The van der Waals surface area contributed by atoms with E-state index in [1.807, 2.05) is 30.3 Å². The number of carbonyl (C=O) groups excluding carboxylic acids is 2. The standard InChI is InChI=1S/C32H31BrClN3O4S/c1-2-35-32(39)30(21-24-11-5-3-6-12-24)36(22-25-13-9-10-16-29(25)34)31(38)23-37(27-19-17-26(33)18-20-27)42(40,41)28-14-7-4-8-15-28/h3-20,30H,2,21-23H2,1H3,(H,35,39)/t30-/m0/s1. The minimum Gasteiger partial charge on any atom is -0.355 e. The maximum absolute atomic E-state index is 14.3. The van der Waals surface area contributed by atoms with Gasteiger partial charge < -0.3 is 10.2 Å². The average Bonchev–Trinajstić information content (AvgIpc) is 3.00. The second-order valence-corrected chi connectivity index (χ2v) is 12.7. The van der Waals surface area contributed by atoms with Gasteiger partial charge in [0, 0.05) is 29.0 Å². The van der Waals surface area contributed by atoms with Crippen molar-refractivity contribution in [1.29, 1.82) is 0 Å². The van der Waals surface area contributed by atoms with Gasteiger partial charge in [-0.2, -0.15) is 0 Å². The summed E-state index contributed by atoms with van der Waals surface area (Å²) in [5, 5.41) is 3.28. The van der Waals surface area contributed by atoms with Crippen LogP contribution in [0.1, 0.15) is 18.1 Å². The second-order valence-electron chi connectivity index (χ2n) is 9.51. The lowest BCUT2D eigenvalue weighted by Gasteiger charge is -2.34. The summed E-state index contributed by atoms with van der Waals surface area (Å²) in [6.45, 7) is 1.64.